The van der Waals surface area contributed by atoms with Crippen LogP contribution in [0, 0.1) is 6.92 Å². The van der Waals surface area contributed by atoms with Crippen LogP contribution < -0.4 is 14.8 Å². The van der Waals surface area contributed by atoms with Gasteiger partial charge in [0.25, 0.3) is 5.91 Å². The van der Waals surface area contributed by atoms with Crippen LogP contribution in [0.15, 0.2) is 52.7 Å². The van der Waals surface area contributed by atoms with Crippen LogP contribution in [0.5, 0.6) is 11.5 Å². The molecule has 0 bridgehead atoms. The first-order valence-electron chi connectivity index (χ1n) is 8.53. The summed E-state index contributed by atoms with van der Waals surface area (Å²) in [5.74, 6) is 1.94. The van der Waals surface area contributed by atoms with Crippen molar-refractivity contribution < 1.29 is 14.3 Å². The number of anilines is 1. The Morgan fingerprint density at radius 2 is 2.00 bits per heavy atom. The van der Waals surface area contributed by atoms with Crippen LogP contribution >= 0.6 is 23.1 Å². The maximum Gasteiger partial charge on any atom is 0.256 e. The lowest BCUT2D eigenvalue weighted by molar-refractivity contribution is 0.102. The quantitative estimate of drug-likeness (QED) is 0.628. The van der Waals surface area contributed by atoms with E-state index in [9.17, 15) is 4.79 Å². The van der Waals surface area contributed by atoms with Gasteiger partial charge in [0.15, 0.2) is 11.5 Å². The highest BCUT2D eigenvalue weighted by Crippen LogP contribution is 2.33. The third-order valence-electron chi connectivity index (χ3n) is 3.97. The molecule has 1 aromatic heterocycles. The molecule has 0 atom stereocenters. The average Bonchev–Trinajstić information content (AvgIpc) is 3.11. The van der Waals surface area contributed by atoms with Crippen molar-refractivity contribution in [3.8, 4) is 11.5 Å². The van der Waals surface area contributed by atoms with Crippen LogP contribution in [0.25, 0.3) is 0 Å². The summed E-state index contributed by atoms with van der Waals surface area (Å²) < 4.78 is 11.1. The predicted molar refractivity (Wildman–Crippen MR) is 108 cm³/mol. The molecule has 2 aromatic carbocycles. The van der Waals surface area contributed by atoms with Crippen molar-refractivity contribution in [2.75, 3.05) is 18.5 Å². The second-order valence-corrected chi connectivity index (χ2v) is 8.03. The second kappa shape index (κ2) is 8.02. The Hall–Kier alpha value is -2.51. The van der Waals surface area contributed by atoms with Gasteiger partial charge in [-0.15, -0.1) is 23.1 Å². The highest BCUT2D eigenvalue weighted by molar-refractivity contribution is 7.98. The fourth-order valence-electron chi connectivity index (χ4n) is 2.73. The molecule has 4 rings (SSSR count). The van der Waals surface area contributed by atoms with Crippen molar-refractivity contribution >= 4 is 34.7 Å². The Labute approximate surface area is 165 Å². The van der Waals surface area contributed by atoms with Crippen molar-refractivity contribution in [2.45, 2.75) is 17.6 Å². The highest BCUT2D eigenvalue weighted by atomic mass is 32.2. The Balaban J connectivity index is 1.48. The number of aryl methyl sites for hydroxylation is 1. The largest absolute Gasteiger partial charge is 0.486 e. The second-order valence-electron chi connectivity index (χ2n) is 5.96. The molecule has 0 saturated carbocycles. The number of ether oxygens (including phenoxy) is 2. The smallest absolute Gasteiger partial charge is 0.256 e. The van der Waals surface area contributed by atoms with E-state index in [0.717, 1.165) is 21.3 Å². The number of hydrogen-bond acceptors (Lipinski definition) is 6. The van der Waals surface area contributed by atoms with Crippen molar-refractivity contribution in [1.29, 1.82) is 0 Å². The topological polar surface area (TPSA) is 60.5 Å². The van der Waals surface area contributed by atoms with Gasteiger partial charge in [0.1, 0.15) is 13.2 Å². The average molecular weight is 399 g/mol. The Bertz CT molecular complexity index is 971. The monoisotopic (exact) mass is 398 g/mol. The van der Waals surface area contributed by atoms with E-state index in [1.165, 1.54) is 0 Å². The fraction of sp³-hybridized carbons (Fsp3) is 0.200. The number of rotatable bonds is 5. The molecule has 1 amide bonds. The van der Waals surface area contributed by atoms with Crippen molar-refractivity contribution in [1.82, 2.24) is 4.98 Å². The number of aromatic nitrogens is 1. The van der Waals surface area contributed by atoms with Gasteiger partial charge in [0, 0.05) is 27.8 Å². The molecular formula is C20H18N2O3S2. The summed E-state index contributed by atoms with van der Waals surface area (Å²) in [4.78, 5) is 18.2. The lowest BCUT2D eigenvalue weighted by Gasteiger charge is -2.19. The van der Waals surface area contributed by atoms with Gasteiger partial charge in [0.2, 0.25) is 0 Å². The van der Waals surface area contributed by atoms with Gasteiger partial charge in [-0.25, -0.2) is 4.98 Å². The van der Waals surface area contributed by atoms with Gasteiger partial charge in [-0.2, -0.15) is 0 Å². The zero-order chi connectivity index (χ0) is 18.6. The molecule has 3 aromatic rings. The van der Waals surface area contributed by atoms with Gasteiger partial charge >= 0.3 is 0 Å². The van der Waals surface area contributed by atoms with E-state index in [1.54, 1.807) is 29.2 Å². The molecule has 1 aliphatic rings. The van der Waals surface area contributed by atoms with Crippen LogP contribution in [0.2, 0.25) is 0 Å². The minimum Gasteiger partial charge on any atom is -0.486 e. The Morgan fingerprint density at radius 1 is 1.19 bits per heavy atom. The van der Waals surface area contributed by atoms with E-state index in [0.29, 0.717) is 36.0 Å². The first kappa shape index (κ1) is 17.9. The standard InChI is InChI=1S/C20H18N2O3S2/c1-13-21-15(11-26-13)12-27-19-5-3-2-4-16(19)20(23)22-14-6-7-17-18(10-14)25-9-8-24-17/h2-7,10-11H,8-9,12H2,1H3,(H,22,23). The molecule has 0 unspecified atom stereocenters. The third kappa shape index (κ3) is 4.26. The number of nitrogens with one attached hydrogen (secondary N) is 1. The first-order chi connectivity index (χ1) is 13.2. The summed E-state index contributed by atoms with van der Waals surface area (Å²) in [6.45, 7) is 3.05. The van der Waals surface area contributed by atoms with Crippen LogP contribution in [0.1, 0.15) is 21.1 Å². The Morgan fingerprint density at radius 3 is 2.81 bits per heavy atom. The van der Waals surface area contributed by atoms with E-state index < -0.39 is 0 Å². The maximum atomic E-state index is 12.8. The van der Waals surface area contributed by atoms with E-state index in [2.05, 4.69) is 15.7 Å². The van der Waals surface area contributed by atoms with E-state index in [-0.39, 0.29) is 5.91 Å². The number of amides is 1. The van der Waals surface area contributed by atoms with Crippen LogP contribution in [0.4, 0.5) is 5.69 Å². The molecule has 27 heavy (non-hydrogen) atoms. The van der Waals surface area contributed by atoms with Crippen LogP contribution in [0.3, 0.4) is 0 Å². The van der Waals surface area contributed by atoms with Gasteiger partial charge in [-0.3, -0.25) is 4.79 Å². The summed E-state index contributed by atoms with van der Waals surface area (Å²) in [5, 5.41) is 6.06. The van der Waals surface area contributed by atoms with Gasteiger partial charge in [0.05, 0.1) is 16.3 Å². The lowest BCUT2D eigenvalue weighted by Crippen LogP contribution is -2.16. The zero-order valence-electron chi connectivity index (χ0n) is 14.7. The molecule has 1 aliphatic heterocycles. The first-order valence-corrected chi connectivity index (χ1v) is 10.4. The highest BCUT2D eigenvalue weighted by Gasteiger charge is 2.15. The summed E-state index contributed by atoms with van der Waals surface area (Å²) in [6.07, 6.45) is 0. The lowest BCUT2D eigenvalue weighted by atomic mass is 10.2. The summed E-state index contributed by atoms with van der Waals surface area (Å²) in [7, 11) is 0. The summed E-state index contributed by atoms with van der Waals surface area (Å²) in [6, 6.07) is 13.0. The molecule has 5 nitrogen and oxygen atoms in total. The van der Waals surface area contributed by atoms with E-state index in [4.69, 9.17) is 9.47 Å². The van der Waals surface area contributed by atoms with Gasteiger partial charge < -0.3 is 14.8 Å². The number of carbonyl (C=O) groups excluding carboxylic acids is 1. The Kier molecular flexibility index (Phi) is 5.31. The molecule has 0 saturated heterocycles. The number of benzene rings is 2. The molecular weight excluding hydrogens is 380 g/mol. The number of thiazole rings is 1. The fourth-order valence-corrected chi connectivity index (χ4v) is 4.39. The van der Waals surface area contributed by atoms with E-state index >= 15 is 0 Å². The predicted octanol–water partition coefficient (Wildman–Crippen LogP) is 4.77. The van der Waals surface area contributed by atoms with Crippen LogP contribution in [-0.2, 0) is 5.75 Å². The normalized spacial score (nSPS) is 12.6. The number of thioether (sulfide) groups is 1. The maximum absolute atomic E-state index is 12.8. The summed E-state index contributed by atoms with van der Waals surface area (Å²) >= 11 is 3.25. The molecule has 1 N–H and O–H groups in total. The van der Waals surface area contributed by atoms with Crippen molar-refractivity contribution in [3.63, 3.8) is 0 Å². The van der Waals surface area contributed by atoms with Crippen molar-refractivity contribution in [3.05, 3.63) is 64.1 Å². The summed E-state index contributed by atoms with van der Waals surface area (Å²) in [5.41, 5.74) is 2.35. The van der Waals surface area contributed by atoms with Gasteiger partial charge in [-0.05, 0) is 31.2 Å². The number of fused-ring (bicyclic) bond motifs is 1. The van der Waals surface area contributed by atoms with Gasteiger partial charge in [-0.1, -0.05) is 12.1 Å². The number of carbonyl (C=O) groups is 1. The molecule has 0 radical (unpaired) electrons. The zero-order valence-corrected chi connectivity index (χ0v) is 16.4. The molecule has 0 fully saturated rings. The molecule has 7 heteroatoms. The van der Waals surface area contributed by atoms with Crippen LogP contribution in [-0.4, -0.2) is 24.1 Å². The SMILES string of the molecule is Cc1nc(CSc2ccccc2C(=O)Nc2ccc3c(c2)OCCO3)cs1. The number of nitrogens with zero attached hydrogens (tertiary/aromatic N) is 1. The minimum atomic E-state index is -0.149. The minimum absolute atomic E-state index is 0.149. The molecule has 138 valence electrons. The molecule has 0 spiro atoms. The molecule has 0 aliphatic carbocycles. The third-order valence-corrected chi connectivity index (χ3v) is 5.90. The van der Waals surface area contributed by atoms with Crippen molar-refractivity contribution in [2.24, 2.45) is 0 Å². The molecule has 2 heterocycles. The number of hydrogen-bond donors (Lipinski definition) is 1. The van der Waals surface area contributed by atoms with E-state index in [1.807, 2.05) is 43.3 Å².